The monoisotopic (exact) mass is 336 g/mol. The Labute approximate surface area is 141 Å². The summed E-state index contributed by atoms with van der Waals surface area (Å²) in [6.45, 7) is 5.59. The van der Waals surface area contributed by atoms with Gasteiger partial charge in [0.1, 0.15) is 0 Å². The zero-order valence-corrected chi connectivity index (χ0v) is 14.1. The van der Waals surface area contributed by atoms with Crippen LogP contribution in [0.15, 0.2) is 22.7 Å². The molecule has 0 aliphatic carbocycles. The number of amides is 1. The van der Waals surface area contributed by atoms with E-state index in [0.717, 1.165) is 42.7 Å². The molecular weight excluding hydrogens is 316 g/mol. The van der Waals surface area contributed by atoms with Crippen LogP contribution in [0.4, 0.5) is 5.69 Å². The fraction of sp³-hybridized carbons (Fsp3) is 0.438. The van der Waals surface area contributed by atoms with Gasteiger partial charge in [0.05, 0.1) is 5.92 Å². The number of aryl methyl sites for hydroxylation is 2. The van der Waals surface area contributed by atoms with Gasteiger partial charge >= 0.3 is 0 Å². The Morgan fingerprint density at radius 2 is 2.30 bits per heavy atom. The van der Waals surface area contributed by atoms with Crippen LogP contribution < -0.4 is 10.6 Å². The molecule has 1 amide bonds. The van der Waals surface area contributed by atoms with Gasteiger partial charge in [-0.2, -0.15) is 4.98 Å². The number of nitrogens with zero attached hydrogens (tertiary/aromatic N) is 2. The molecule has 1 aliphatic heterocycles. The first-order valence-corrected chi connectivity index (χ1v) is 7.62. The quantitative estimate of drug-likeness (QED) is 0.897. The molecule has 2 aromatic rings. The lowest BCUT2D eigenvalue weighted by Crippen LogP contribution is -2.24. The van der Waals surface area contributed by atoms with E-state index in [4.69, 9.17) is 4.52 Å². The highest BCUT2D eigenvalue weighted by atomic mass is 35.5. The van der Waals surface area contributed by atoms with Gasteiger partial charge in [-0.25, -0.2) is 0 Å². The number of benzene rings is 1. The fourth-order valence-electron chi connectivity index (χ4n) is 2.52. The van der Waals surface area contributed by atoms with Crippen LogP contribution >= 0.6 is 12.4 Å². The van der Waals surface area contributed by atoms with Crippen LogP contribution in [0.2, 0.25) is 0 Å². The smallest absolute Gasteiger partial charge is 0.257 e. The Bertz CT molecular complexity index is 680. The van der Waals surface area contributed by atoms with E-state index in [-0.39, 0.29) is 24.2 Å². The molecule has 2 heterocycles. The molecule has 1 aromatic heterocycles. The largest absolute Gasteiger partial charge is 0.334 e. The molecule has 6 nitrogen and oxygen atoms in total. The second-order valence-corrected chi connectivity index (χ2v) is 5.58. The Balaban J connectivity index is 0.00000192. The average Bonchev–Trinajstić information content (AvgIpc) is 3.20. The molecule has 23 heavy (non-hydrogen) atoms. The van der Waals surface area contributed by atoms with Gasteiger partial charge in [-0.3, -0.25) is 4.79 Å². The summed E-state index contributed by atoms with van der Waals surface area (Å²) in [5.74, 6) is 1.26. The molecule has 1 saturated heterocycles. The Kier molecular flexibility index (Phi) is 5.74. The van der Waals surface area contributed by atoms with E-state index >= 15 is 0 Å². The van der Waals surface area contributed by atoms with Crippen LogP contribution in [0.1, 0.15) is 24.7 Å². The highest BCUT2D eigenvalue weighted by Crippen LogP contribution is 2.25. The molecule has 7 heteroatoms. The van der Waals surface area contributed by atoms with Crippen LogP contribution in [0, 0.1) is 12.8 Å². The molecule has 0 saturated carbocycles. The molecule has 0 bridgehead atoms. The zero-order chi connectivity index (χ0) is 15.5. The summed E-state index contributed by atoms with van der Waals surface area (Å²) in [7, 11) is 0. The SMILES string of the molecule is CCc1noc(-c2ccc(C)c(NC(=O)C3CCNC3)c2)n1.Cl. The van der Waals surface area contributed by atoms with E-state index in [9.17, 15) is 4.79 Å². The van der Waals surface area contributed by atoms with E-state index in [0.29, 0.717) is 11.7 Å². The van der Waals surface area contributed by atoms with Gasteiger partial charge in [0.2, 0.25) is 5.91 Å². The van der Waals surface area contributed by atoms with Gasteiger partial charge < -0.3 is 15.2 Å². The molecule has 3 rings (SSSR count). The molecule has 2 N–H and O–H groups in total. The van der Waals surface area contributed by atoms with Crippen molar-refractivity contribution < 1.29 is 9.32 Å². The Hall–Kier alpha value is -1.92. The minimum Gasteiger partial charge on any atom is -0.334 e. The number of hydrogen-bond acceptors (Lipinski definition) is 5. The third kappa shape index (κ3) is 3.89. The minimum absolute atomic E-state index is 0. The molecule has 1 fully saturated rings. The molecule has 0 spiro atoms. The minimum atomic E-state index is 0. The van der Waals surface area contributed by atoms with Gasteiger partial charge in [-0.1, -0.05) is 18.1 Å². The predicted molar refractivity (Wildman–Crippen MR) is 90.7 cm³/mol. The maximum atomic E-state index is 12.3. The molecule has 1 aliphatic rings. The lowest BCUT2D eigenvalue weighted by atomic mass is 10.1. The topological polar surface area (TPSA) is 80.0 Å². The predicted octanol–water partition coefficient (Wildman–Crippen LogP) is 2.58. The number of halogens is 1. The summed E-state index contributed by atoms with van der Waals surface area (Å²) < 4.78 is 5.26. The summed E-state index contributed by atoms with van der Waals surface area (Å²) in [5, 5.41) is 10.1. The van der Waals surface area contributed by atoms with Gasteiger partial charge in [0.25, 0.3) is 5.89 Å². The Morgan fingerprint density at radius 3 is 2.96 bits per heavy atom. The number of aromatic nitrogens is 2. The third-order valence-electron chi connectivity index (χ3n) is 3.96. The number of carbonyl (C=O) groups is 1. The number of anilines is 1. The van der Waals surface area contributed by atoms with Crippen molar-refractivity contribution >= 4 is 24.0 Å². The lowest BCUT2D eigenvalue weighted by Gasteiger charge is -2.12. The van der Waals surface area contributed by atoms with E-state index in [1.165, 1.54) is 0 Å². The molecule has 1 atom stereocenters. The number of rotatable bonds is 4. The van der Waals surface area contributed by atoms with Crippen LogP contribution in [-0.4, -0.2) is 29.1 Å². The number of nitrogens with one attached hydrogen (secondary N) is 2. The summed E-state index contributed by atoms with van der Waals surface area (Å²) >= 11 is 0. The molecule has 1 aromatic carbocycles. The lowest BCUT2D eigenvalue weighted by molar-refractivity contribution is -0.119. The third-order valence-corrected chi connectivity index (χ3v) is 3.96. The van der Waals surface area contributed by atoms with Crippen LogP contribution in [0.25, 0.3) is 11.5 Å². The number of hydrogen-bond donors (Lipinski definition) is 2. The highest BCUT2D eigenvalue weighted by Gasteiger charge is 2.23. The molecular formula is C16H21ClN4O2. The van der Waals surface area contributed by atoms with Crippen molar-refractivity contribution in [1.29, 1.82) is 0 Å². The van der Waals surface area contributed by atoms with Crippen molar-refractivity contribution in [2.75, 3.05) is 18.4 Å². The maximum absolute atomic E-state index is 12.3. The second kappa shape index (κ2) is 7.57. The first kappa shape index (κ1) is 17.4. The summed E-state index contributed by atoms with van der Waals surface area (Å²) in [5.41, 5.74) is 2.63. The summed E-state index contributed by atoms with van der Waals surface area (Å²) in [6, 6.07) is 5.77. The van der Waals surface area contributed by atoms with Crippen LogP contribution in [-0.2, 0) is 11.2 Å². The second-order valence-electron chi connectivity index (χ2n) is 5.58. The van der Waals surface area contributed by atoms with Gasteiger partial charge in [0.15, 0.2) is 5.82 Å². The molecule has 124 valence electrons. The average molecular weight is 337 g/mol. The number of carbonyl (C=O) groups excluding carboxylic acids is 1. The van der Waals surface area contributed by atoms with Crippen molar-refractivity contribution in [3.63, 3.8) is 0 Å². The summed E-state index contributed by atoms with van der Waals surface area (Å²) in [6.07, 6.45) is 1.61. The summed E-state index contributed by atoms with van der Waals surface area (Å²) in [4.78, 5) is 16.6. The standard InChI is InChI=1S/C16H20N4O2.ClH/c1-3-14-19-16(22-20-14)11-5-4-10(2)13(8-11)18-15(21)12-6-7-17-9-12;/h4-5,8,12,17H,3,6-7,9H2,1-2H3,(H,18,21);1H. The normalized spacial score (nSPS) is 16.9. The van der Waals surface area contributed by atoms with E-state index in [2.05, 4.69) is 20.8 Å². The van der Waals surface area contributed by atoms with Crippen molar-refractivity contribution in [3.8, 4) is 11.5 Å². The highest BCUT2D eigenvalue weighted by molar-refractivity contribution is 5.94. The maximum Gasteiger partial charge on any atom is 0.257 e. The van der Waals surface area contributed by atoms with Crippen molar-refractivity contribution in [3.05, 3.63) is 29.6 Å². The van der Waals surface area contributed by atoms with E-state index < -0.39 is 0 Å². The first-order valence-electron chi connectivity index (χ1n) is 7.62. The zero-order valence-electron chi connectivity index (χ0n) is 13.3. The molecule has 1 unspecified atom stereocenters. The first-order chi connectivity index (χ1) is 10.7. The van der Waals surface area contributed by atoms with Crippen molar-refractivity contribution in [2.24, 2.45) is 5.92 Å². The van der Waals surface area contributed by atoms with Crippen molar-refractivity contribution in [2.45, 2.75) is 26.7 Å². The van der Waals surface area contributed by atoms with Crippen LogP contribution in [0.5, 0.6) is 0 Å². The van der Waals surface area contributed by atoms with Gasteiger partial charge in [0, 0.05) is 24.2 Å². The fourth-order valence-corrected chi connectivity index (χ4v) is 2.52. The Morgan fingerprint density at radius 1 is 1.48 bits per heavy atom. The van der Waals surface area contributed by atoms with E-state index in [1.807, 2.05) is 32.0 Å². The van der Waals surface area contributed by atoms with Crippen molar-refractivity contribution in [1.82, 2.24) is 15.5 Å². The molecule has 0 radical (unpaired) electrons. The van der Waals surface area contributed by atoms with Gasteiger partial charge in [-0.15, -0.1) is 12.4 Å². The van der Waals surface area contributed by atoms with Crippen LogP contribution in [0.3, 0.4) is 0 Å². The van der Waals surface area contributed by atoms with E-state index in [1.54, 1.807) is 0 Å². The van der Waals surface area contributed by atoms with Gasteiger partial charge in [-0.05, 0) is 37.6 Å².